The summed E-state index contributed by atoms with van der Waals surface area (Å²) in [6, 6.07) is 5.25. The van der Waals surface area contributed by atoms with E-state index in [4.69, 9.17) is 15.2 Å². The maximum Gasteiger partial charge on any atom is 0.387 e. The van der Waals surface area contributed by atoms with Crippen LogP contribution in [-0.2, 0) is 9.47 Å². The molecule has 2 N–H and O–H groups in total. The Balaban J connectivity index is 2.95. The van der Waals surface area contributed by atoms with Gasteiger partial charge in [0, 0.05) is 26.5 Å². The Morgan fingerprint density at radius 1 is 0.733 bits per heavy atom. The van der Waals surface area contributed by atoms with Gasteiger partial charge in [-0.25, -0.2) is 9.59 Å². The molecule has 0 bridgehead atoms. The van der Waals surface area contributed by atoms with Gasteiger partial charge in [0.05, 0.1) is 29.9 Å². The Bertz CT molecular complexity index is 1150. The van der Waals surface area contributed by atoms with Crippen LogP contribution in [0.3, 0.4) is 0 Å². The molecule has 0 amide bonds. The summed E-state index contributed by atoms with van der Waals surface area (Å²) in [5, 5.41) is 0. The van der Waals surface area contributed by atoms with E-state index >= 15 is 8.78 Å². The summed E-state index contributed by atoms with van der Waals surface area (Å²) in [4.78, 5) is 23.8. The van der Waals surface area contributed by atoms with Gasteiger partial charge in [0.2, 0.25) is 0 Å². The zero-order chi connectivity index (χ0) is 35.3. The van der Waals surface area contributed by atoms with E-state index in [0.29, 0.717) is 0 Å². The minimum Gasteiger partial charge on any atom is -0.462 e. The highest BCUT2D eigenvalue weighted by Gasteiger charge is 2.91. The Labute approximate surface area is 277 Å². The molecule has 1 rings (SSSR count). The number of halogens is 14. The van der Waals surface area contributed by atoms with E-state index in [-0.39, 0.29) is 43.6 Å². The van der Waals surface area contributed by atoms with Crippen molar-refractivity contribution in [1.82, 2.24) is 0 Å². The van der Waals surface area contributed by atoms with Crippen molar-refractivity contribution < 1.29 is 71.7 Å². The van der Waals surface area contributed by atoms with Crippen molar-refractivity contribution in [1.29, 1.82) is 0 Å². The molecule has 0 radical (unpaired) electrons. The van der Waals surface area contributed by atoms with Crippen LogP contribution in [0.5, 0.6) is 0 Å². The van der Waals surface area contributed by atoms with Crippen LogP contribution in [0.1, 0.15) is 73.1 Å². The Morgan fingerprint density at radius 3 is 1.58 bits per heavy atom. The average Bonchev–Trinajstić information content (AvgIpc) is 2.91. The Morgan fingerprint density at radius 2 is 1.16 bits per heavy atom. The molecule has 0 saturated carbocycles. The van der Waals surface area contributed by atoms with E-state index in [1.165, 1.54) is 46.9 Å². The van der Waals surface area contributed by atoms with Crippen molar-refractivity contribution in [3.63, 3.8) is 0 Å². The van der Waals surface area contributed by atoms with Crippen LogP contribution in [0.2, 0.25) is 0 Å². The highest BCUT2D eigenvalue weighted by molar-refractivity contribution is 14.1. The fourth-order valence-corrected chi connectivity index (χ4v) is 5.65. The summed E-state index contributed by atoms with van der Waals surface area (Å²) in [6.07, 6.45) is -2.76. The average molecular weight is 901 g/mol. The van der Waals surface area contributed by atoms with Gasteiger partial charge in [-0.05, 0) is 63.3 Å². The monoisotopic (exact) mass is 901 g/mol. The molecular weight excluding hydrogens is 872 g/mol. The zero-order valence-corrected chi connectivity index (χ0v) is 27.9. The van der Waals surface area contributed by atoms with E-state index in [1.54, 1.807) is 6.92 Å². The summed E-state index contributed by atoms with van der Waals surface area (Å²) in [5.74, 6) is -37.5. The fraction of sp³-hybridized carbons (Fsp3) is 0.692. The Hall–Kier alpha value is -1.26. The van der Waals surface area contributed by atoms with Crippen molar-refractivity contribution in [3.8, 4) is 0 Å². The topological polar surface area (TPSA) is 78.6 Å². The molecule has 5 nitrogen and oxygen atoms in total. The number of hydrogen-bond donors (Lipinski definition) is 1. The lowest BCUT2D eigenvalue weighted by atomic mass is 9.77. The first-order valence-electron chi connectivity index (χ1n) is 13.1. The van der Waals surface area contributed by atoms with E-state index in [9.17, 15) is 53.5 Å². The molecule has 0 aromatic heterocycles. The molecule has 0 aliphatic rings. The number of unbranched alkanes of at least 4 members (excludes halogenated alkanes) is 1. The molecule has 2 atom stereocenters. The van der Waals surface area contributed by atoms with Gasteiger partial charge in [-0.15, -0.1) is 0 Å². The van der Waals surface area contributed by atoms with Crippen LogP contribution >= 0.6 is 45.2 Å². The van der Waals surface area contributed by atoms with Crippen molar-refractivity contribution in [3.05, 3.63) is 35.4 Å². The first-order chi connectivity index (χ1) is 20.3. The number of benzene rings is 1. The van der Waals surface area contributed by atoms with E-state index in [2.05, 4.69) is 0 Å². The van der Waals surface area contributed by atoms with Gasteiger partial charge in [0.25, 0.3) is 0 Å². The van der Waals surface area contributed by atoms with Crippen molar-refractivity contribution in [2.75, 3.05) is 13.2 Å². The van der Waals surface area contributed by atoms with Crippen LogP contribution < -0.4 is 5.73 Å². The van der Waals surface area contributed by atoms with Crippen LogP contribution in [0.15, 0.2) is 24.3 Å². The first-order valence-corrected chi connectivity index (χ1v) is 15.4. The molecular formula is C26H29F12I2NO4. The number of carbonyl (C=O) groups excluding carboxylic acids is 2. The normalized spacial score (nSPS) is 15.8. The van der Waals surface area contributed by atoms with Crippen molar-refractivity contribution >= 4 is 57.1 Å². The van der Waals surface area contributed by atoms with Crippen molar-refractivity contribution in [2.45, 2.75) is 95.4 Å². The molecule has 0 spiro atoms. The summed E-state index contributed by atoms with van der Waals surface area (Å²) in [5.41, 5.74) is 2.03. The number of nitrogens with two attached hydrogens (primary N) is 1. The first kappa shape index (κ1) is 41.8. The third-order valence-electron chi connectivity index (χ3n) is 6.62. The summed E-state index contributed by atoms with van der Waals surface area (Å²) >= 11 is 0.776. The number of hydrogen-bond acceptors (Lipinski definition) is 5. The number of esters is 2. The molecule has 2 unspecified atom stereocenters. The zero-order valence-electron chi connectivity index (χ0n) is 23.5. The van der Waals surface area contributed by atoms with Crippen LogP contribution in [0.4, 0.5) is 52.7 Å². The molecule has 19 heteroatoms. The molecule has 1 aromatic carbocycles. The van der Waals surface area contributed by atoms with Gasteiger partial charge in [0.15, 0.2) is 0 Å². The maximum atomic E-state index is 15.1. The van der Waals surface area contributed by atoms with Gasteiger partial charge >= 0.3 is 45.5 Å². The molecule has 260 valence electrons. The quantitative estimate of drug-likeness (QED) is 0.0524. The second-order valence-electron chi connectivity index (χ2n) is 10.0. The van der Waals surface area contributed by atoms with Gasteiger partial charge < -0.3 is 15.2 Å². The standard InChI is InChI=1S/C26H29F12I2NO4/c1-3-12-20(41,21(27,28)22(29,30)23(31,32)24(33,34)25(35,36)26(37,38)40)14-17(39)7-5-6-13-45-19(43)16-10-8-15(9-11-16)18(42)44-4-2/h8-11,17H,3-7,12-14,41H2,1-2H3. The number of rotatable bonds is 18. The molecule has 0 saturated heterocycles. The lowest BCUT2D eigenvalue weighted by Crippen LogP contribution is -2.75. The predicted octanol–water partition coefficient (Wildman–Crippen LogP) is 9.09. The molecule has 0 heterocycles. The van der Waals surface area contributed by atoms with E-state index < -0.39 is 96.8 Å². The SMILES string of the molecule is CCCC(N)(CC(I)CCCCOC(=O)c1ccc(C(=O)OCC)cc1)C(F)(F)C(F)(F)C(F)(F)C(F)(F)C(F)(F)C(F)(F)I. The minimum absolute atomic E-state index is 0.0767. The molecule has 1 aromatic rings. The van der Waals surface area contributed by atoms with E-state index in [0.717, 1.165) is 6.92 Å². The largest absolute Gasteiger partial charge is 0.462 e. The molecule has 45 heavy (non-hydrogen) atoms. The summed E-state index contributed by atoms with van der Waals surface area (Å²) in [6.45, 7) is 2.65. The molecule has 0 aliphatic carbocycles. The summed E-state index contributed by atoms with van der Waals surface area (Å²) < 4.78 is 172. The van der Waals surface area contributed by atoms with Gasteiger partial charge in [0.1, 0.15) is 0 Å². The summed E-state index contributed by atoms with van der Waals surface area (Å²) in [7, 11) is 0. The second-order valence-corrected chi connectivity index (χ2v) is 13.1. The predicted molar refractivity (Wildman–Crippen MR) is 154 cm³/mol. The molecule has 0 fully saturated rings. The smallest absolute Gasteiger partial charge is 0.387 e. The third kappa shape index (κ3) is 8.62. The maximum absolute atomic E-state index is 15.1. The van der Waals surface area contributed by atoms with Crippen LogP contribution in [-0.4, -0.2) is 68.2 Å². The van der Waals surface area contributed by atoms with Gasteiger partial charge in [-0.2, -0.15) is 52.7 Å². The van der Waals surface area contributed by atoms with Crippen LogP contribution in [0, 0.1) is 0 Å². The van der Waals surface area contributed by atoms with Crippen molar-refractivity contribution in [2.24, 2.45) is 5.73 Å². The number of alkyl halides is 14. The molecule has 0 aliphatic heterocycles. The number of ether oxygens (including phenoxy) is 2. The number of carbonyl (C=O) groups is 2. The lowest BCUT2D eigenvalue weighted by Gasteiger charge is -2.46. The van der Waals surface area contributed by atoms with E-state index in [1.807, 2.05) is 0 Å². The third-order valence-corrected chi connectivity index (χ3v) is 8.36. The highest BCUT2D eigenvalue weighted by Crippen LogP contribution is 2.63. The second kappa shape index (κ2) is 15.3. The Kier molecular flexibility index (Phi) is 14.2. The van der Waals surface area contributed by atoms with Gasteiger partial charge in [-0.1, -0.05) is 35.9 Å². The minimum atomic E-state index is -7.68. The fourth-order valence-electron chi connectivity index (χ4n) is 4.09. The van der Waals surface area contributed by atoms with Crippen LogP contribution in [0.25, 0.3) is 0 Å². The lowest BCUT2D eigenvalue weighted by molar-refractivity contribution is -0.420. The highest BCUT2D eigenvalue weighted by atomic mass is 127. The van der Waals surface area contributed by atoms with Gasteiger partial charge in [-0.3, -0.25) is 0 Å².